The molecule has 0 fully saturated rings. The van der Waals surface area contributed by atoms with Gasteiger partial charge in [-0.05, 0) is 85.3 Å². The quantitative estimate of drug-likeness (QED) is 0.180. The van der Waals surface area contributed by atoms with Crippen LogP contribution in [0.15, 0.2) is 102 Å². The minimum atomic E-state index is -0.474. The third-order valence-electron chi connectivity index (χ3n) is 4.92. The Bertz CT molecular complexity index is 1300. The maximum atomic E-state index is 12.7. The number of rotatable bonds is 6. The summed E-state index contributed by atoms with van der Waals surface area (Å²) in [7, 11) is 0. The van der Waals surface area contributed by atoms with Gasteiger partial charge in [-0.1, -0.05) is 23.7 Å². The molecule has 33 heavy (non-hydrogen) atoms. The van der Waals surface area contributed by atoms with E-state index in [4.69, 9.17) is 16.3 Å². The van der Waals surface area contributed by atoms with Gasteiger partial charge >= 0.3 is 5.97 Å². The largest absolute Gasteiger partial charge is 0.423 e. The van der Waals surface area contributed by atoms with Crippen molar-refractivity contribution in [3.63, 3.8) is 0 Å². The lowest BCUT2D eigenvalue weighted by Gasteiger charge is -2.10. The van der Waals surface area contributed by atoms with Crippen LogP contribution in [0.5, 0.6) is 5.75 Å². The fourth-order valence-corrected chi connectivity index (χ4v) is 3.29. The van der Waals surface area contributed by atoms with Crippen molar-refractivity contribution in [3.05, 3.63) is 119 Å². The predicted octanol–water partition coefficient (Wildman–Crippen LogP) is 5.50. The third kappa shape index (κ3) is 5.37. The van der Waals surface area contributed by atoms with Gasteiger partial charge in [0.1, 0.15) is 5.75 Å². The van der Waals surface area contributed by atoms with Crippen LogP contribution in [0.2, 0.25) is 5.02 Å². The summed E-state index contributed by atoms with van der Waals surface area (Å²) in [6.45, 7) is 1.78. The summed E-state index contributed by atoms with van der Waals surface area (Å²) in [4.78, 5) is 25.0. The smallest absolute Gasteiger partial charge is 0.343 e. The zero-order valence-corrected chi connectivity index (χ0v) is 18.5. The minimum Gasteiger partial charge on any atom is -0.423 e. The monoisotopic (exact) mass is 457 g/mol. The van der Waals surface area contributed by atoms with Gasteiger partial charge in [0.25, 0.3) is 5.91 Å². The highest BCUT2D eigenvalue weighted by atomic mass is 35.5. The number of hydrogen-bond acceptors (Lipinski definition) is 4. The van der Waals surface area contributed by atoms with E-state index in [1.807, 2.05) is 47.3 Å². The molecule has 1 amide bonds. The number of hydrazone groups is 1. The number of ether oxygens (including phenoxy) is 1. The van der Waals surface area contributed by atoms with Crippen molar-refractivity contribution >= 4 is 29.2 Å². The average Bonchev–Trinajstić information content (AvgIpc) is 3.38. The molecule has 6 nitrogen and oxygen atoms in total. The number of carbonyl (C=O) groups excluding carboxylic acids is 2. The van der Waals surface area contributed by atoms with Crippen molar-refractivity contribution in [2.45, 2.75) is 6.92 Å². The van der Waals surface area contributed by atoms with Crippen molar-refractivity contribution in [1.29, 1.82) is 0 Å². The number of nitrogens with zero attached hydrogens (tertiary/aromatic N) is 2. The lowest BCUT2D eigenvalue weighted by Crippen LogP contribution is -2.21. The van der Waals surface area contributed by atoms with Crippen LogP contribution in [0.25, 0.3) is 5.69 Å². The lowest BCUT2D eigenvalue weighted by atomic mass is 10.1. The normalized spacial score (nSPS) is 11.2. The molecule has 4 rings (SSSR count). The Hall–Kier alpha value is -4.16. The second-order valence-electron chi connectivity index (χ2n) is 7.17. The fraction of sp³-hybridized carbons (Fsp3) is 0.0385. The van der Waals surface area contributed by atoms with E-state index in [9.17, 15) is 9.59 Å². The summed E-state index contributed by atoms with van der Waals surface area (Å²) in [5.74, 6) is -0.387. The van der Waals surface area contributed by atoms with E-state index >= 15 is 0 Å². The number of para-hydroxylation sites is 1. The summed E-state index contributed by atoms with van der Waals surface area (Å²) in [6.07, 6.45) is 3.75. The first-order valence-electron chi connectivity index (χ1n) is 10.2. The summed E-state index contributed by atoms with van der Waals surface area (Å²) >= 11 is 5.84. The molecule has 1 heterocycles. The molecule has 7 heteroatoms. The minimum absolute atomic E-state index is 0.313. The average molecular weight is 458 g/mol. The zero-order chi connectivity index (χ0) is 23.2. The van der Waals surface area contributed by atoms with E-state index in [1.54, 1.807) is 61.5 Å². The van der Waals surface area contributed by atoms with E-state index in [1.165, 1.54) is 0 Å². The number of aromatic nitrogens is 1. The third-order valence-corrected chi connectivity index (χ3v) is 5.17. The van der Waals surface area contributed by atoms with Crippen LogP contribution in [0.4, 0.5) is 0 Å². The standard InChI is InChI=1S/C26H20ClN3O3/c1-18(28-29-25(31)23-6-2-3-7-24(23)30-16-4-5-17-30)19-10-14-22(15-11-19)33-26(32)20-8-12-21(27)13-9-20/h2-17H,1H3,(H,29,31)/b28-18+. The molecule has 0 bridgehead atoms. The summed E-state index contributed by atoms with van der Waals surface area (Å²) in [6, 6.07) is 24.4. The molecule has 4 aromatic rings. The van der Waals surface area contributed by atoms with Gasteiger partial charge in [-0.2, -0.15) is 5.10 Å². The molecular formula is C26H20ClN3O3. The van der Waals surface area contributed by atoms with Crippen molar-refractivity contribution in [2.24, 2.45) is 5.10 Å². The Morgan fingerprint density at radius 3 is 2.18 bits per heavy atom. The second kappa shape index (κ2) is 9.97. The van der Waals surface area contributed by atoms with Gasteiger partial charge in [-0.3, -0.25) is 4.79 Å². The van der Waals surface area contributed by atoms with Gasteiger partial charge in [0.05, 0.1) is 22.5 Å². The Balaban J connectivity index is 1.42. The van der Waals surface area contributed by atoms with E-state index in [2.05, 4.69) is 10.5 Å². The molecule has 1 N–H and O–H groups in total. The number of halogens is 1. The summed E-state index contributed by atoms with van der Waals surface area (Å²) in [5, 5.41) is 4.77. The number of esters is 1. The summed E-state index contributed by atoms with van der Waals surface area (Å²) in [5.41, 5.74) is 5.68. The predicted molar refractivity (Wildman–Crippen MR) is 128 cm³/mol. The Labute approximate surface area is 196 Å². The SMILES string of the molecule is C/C(=N\NC(=O)c1ccccc1-n1cccc1)c1ccc(OC(=O)c2ccc(Cl)cc2)cc1. The highest BCUT2D eigenvalue weighted by molar-refractivity contribution is 6.30. The first-order valence-corrected chi connectivity index (χ1v) is 10.5. The first kappa shape index (κ1) is 22.0. The second-order valence-corrected chi connectivity index (χ2v) is 7.60. The number of benzene rings is 3. The molecule has 0 atom stereocenters. The van der Waals surface area contributed by atoms with E-state index < -0.39 is 5.97 Å². The Morgan fingerprint density at radius 1 is 0.848 bits per heavy atom. The Morgan fingerprint density at radius 2 is 1.48 bits per heavy atom. The molecule has 0 spiro atoms. The molecule has 0 aliphatic rings. The Kier molecular flexibility index (Phi) is 6.66. The van der Waals surface area contributed by atoms with Crippen LogP contribution in [0.3, 0.4) is 0 Å². The highest BCUT2D eigenvalue weighted by Gasteiger charge is 2.12. The molecule has 0 aliphatic carbocycles. The van der Waals surface area contributed by atoms with Gasteiger partial charge in [0.15, 0.2) is 0 Å². The van der Waals surface area contributed by atoms with Crippen LogP contribution in [-0.2, 0) is 0 Å². The molecular weight excluding hydrogens is 438 g/mol. The van der Waals surface area contributed by atoms with Gasteiger partial charge < -0.3 is 9.30 Å². The lowest BCUT2D eigenvalue weighted by molar-refractivity contribution is 0.0734. The fourth-order valence-electron chi connectivity index (χ4n) is 3.16. The molecule has 164 valence electrons. The molecule has 0 saturated heterocycles. The number of nitrogens with one attached hydrogen (secondary N) is 1. The van der Waals surface area contributed by atoms with Crippen molar-refractivity contribution in [3.8, 4) is 11.4 Å². The van der Waals surface area contributed by atoms with Crippen LogP contribution in [-0.4, -0.2) is 22.2 Å². The number of hydrogen-bond donors (Lipinski definition) is 1. The topological polar surface area (TPSA) is 72.7 Å². The van der Waals surface area contributed by atoms with Gasteiger partial charge in [-0.25, -0.2) is 10.2 Å². The van der Waals surface area contributed by atoms with E-state index in [0.29, 0.717) is 27.6 Å². The first-order chi connectivity index (χ1) is 16.0. The molecule has 0 unspecified atom stereocenters. The van der Waals surface area contributed by atoms with Crippen molar-refractivity contribution < 1.29 is 14.3 Å². The molecule has 0 saturated carbocycles. The zero-order valence-electron chi connectivity index (χ0n) is 17.7. The summed E-state index contributed by atoms with van der Waals surface area (Å²) < 4.78 is 7.26. The molecule has 1 aromatic heterocycles. The number of amides is 1. The van der Waals surface area contributed by atoms with Gasteiger partial charge in [0.2, 0.25) is 0 Å². The van der Waals surface area contributed by atoms with E-state index in [-0.39, 0.29) is 5.91 Å². The van der Waals surface area contributed by atoms with Gasteiger partial charge in [0, 0.05) is 17.4 Å². The van der Waals surface area contributed by atoms with Crippen molar-refractivity contribution in [1.82, 2.24) is 9.99 Å². The molecule has 3 aromatic carbocycles. The van der Waals surface area contributed by atoms with Gasteiger partial charge in [-0.15, -0.1) is 0 Å². The van der Waals surface area contributed by atoms with E-state index in [0.717, 1.165) is 11.3 Å². The molecule has 0 radical (unpaired) electrons. The molecule has 0 aliphatic heterocycles. The van der Waals surface area contributed by atoms with Crippen molar-refractivity contribution in [2.75, 3.05) is 0 Å². The van der Waals surface area contributed by atoms with Crippen LogP contribution in [0.1, 0.15) is 33.2 Å². The highest BCUT2D eigenvalue weighted by Crippen LogP contribution is 2.17. The van der Waals surface area contributed by atoms with Crippen LogP contribution >= 0.6 is 11.6 Å². The number of carbonyl (C=O) groups is 2. The maximum absolute atomic E-state index is 12.7. The van der Waals surface area contributed by atoms with Crippen LogP contribution in [0, 0.1) is 0 Å². The maximum Gasteiger partial charge on any atom is 0.343 e. The van der Waals surface area contributed by atoms with Crippen LogP contribution < -0.4 is 10.2 Å².